The molecule has 58 heavy (non-hydrogen) atoms. The van der Waals surface area contributed by atoms with Crippen molar-refractivity contribution in [1.82, 2.24) is 24.1 Å². The van der Waals surface area contributed by atoms with Crippen molar-refractivity contribution in [3.63, 3.8) is 0 Å². The van der Waals surface area contributed by atoms with Crippen molar-refractivity contribution < 1.29 is 4.42 Å². The fourth-order valence-electron chi connectivity index (χ4n) is 8.96. The number of aromatic nitrogens is 5. The molecule has 4 aromatic heterocycles. The Kier molecular flexibility index (Phi) is 7.04. The smallest absolute Gasteiger partial charge is 0.164 e. The number of rotatable bonds is 5. The van der Waals surface area contributed by atoms with Crippen LogP contribution in [-0.2, 0) is 0 Å². The summed E-state index contributed by atoms with van der Waals surface area (Å²) in [5.41, 5.74) is 12.3. The molecule has 0 saturated heterocycles. The number of hydrogen-bond donors (Lipinski definition) is 0. The van der Waals surface area contributed by atoms with Crippen molar-refractivity contribution in [2.75, 3.05) is 0 Å². The van der Waals surface area contributed by atoms with Gasteiger partial charge in [0, 0.05) is 49.6 Å². The third-order valence-corrected chi connectivity index (χ3v) is 11.5. The average Bonchev–Trinajstić information content (AvgIpc) is 3.95. The van der Waals surface area contributed by atoms with Gasteiger partial charge in [-0.15, -0.1) is 0 Å². The molecule has 0 radical (unpaired) electrons. The number of nitrogens with zero attached hydrogens (tertiary/aromatic N) is 5. The van der Waals surface area contributed by atoms with Crippen LogP contribution < -0.4 is 0 Å². The maximum atomic E-state index is 6.97. The Morgan fingerprint density at radius 1 is 0.414 bits per heavy atom. The number of benzene rings is 8. The Balaban J connectivity index is 1.18. The minimum absolute atomic E-state index is 0.627. The summed E-state index contributed by atoms with van der Waals surface area (Å²) in [5, 5.41) is 6.83. The zero-order valence-corrected chi connectivity index (χ0v) is 31.5. The summed E-state index contributed by atoms with van der Waals surface area (Å²) in [6, 6.07) is 63.4. The van der Waals surface area contributed by atoms with Crippen molar-refractivity contribution in [2.45, 2.75) is 6.92 Å². The van der Waals surface area contributed by atoms with Crippen LogP contribution in [0, 0.1) is 6.92 Å². The molecule has 0 aliphatic heterocycles. The van der Waals surface area contributed by atoms with Gasteiger partial charge in [-0.3, -0.25) is 0 Å². The molecule has 0 unspecified atom stereocenters. The van der Waals surface area contributed by atoms with E-state index in [2.05, 4.69) is 137 Å². The minimum Gasteiger partial charge on any atom is -0.455 e. The Morgan fingerprint density at radius 2 is 0.897 bits per heavy atom. The fraction of sp³-hybridized carbons (Fsp3) is 0.0192. The Bertz CT molecular complexity index is 3510. The van der Waals surface area contributed by atoms with Crippen LogP contribution in [0.5, 0.6) is 0 Å². The molecule has 0 bridgehead atoms. The first kappa shape index (κ1) is 32.4. The predicted octanol–water partition coefficient (Wildman–Crippen LogP) is 13.3. The molecule has 0 N–H and O–H groups in total. The number of aryl methyl sites for hydroxylation is 1. The van der Waals surface area contributed by atoms with Gasteiger partial charge in [0.15, 0.2) is 17.5 Å². The zero-order chi connectivity index (χ0) is 38.3. The summed E-state index contributed by atoms with van der Waals surface area (Å²) in [6.07, 6.45) is 0. The molecule has 0 fully saturated rings. The zero-order valence-electron chi connectivity index (χ0n) is 31.5. The highest BCUT2D eigenvalue weighted by molar-refractivity contribution is 6.39. The maximum Gasteiger partial charge on any atom is 0.164 e. The second kappa shape index (κ2) is 12.6. The van der Waals surface area contributed by atoms with E-state index >= 15 is 0 Å². The van der Waals surface area contributed by atoms with E-state index in [1.807, 2.05) is 60.7 Å². The molecule has 6 nitrogen and oxygen atoms in total. The SMILES string of the molecule is Cc1cc(-c2nc(-c3ccccc3)nc(-c3ccccc3)n2)ccc1-n1c2ccccc2c2c3c(c4ccccc4n3-c3ccccc3)c3oc4ccccc4c3c21. The molecular formula is C52H33N5O. The molecule has 0 aliphatic carbocycles. The fourth-order valence-corrected chi connectivity index (χ4v) is 8.96. The van der Waals surface area contributed by atoms with Gasteiger partial charge in [0.05, 0.1) is 32.8 Å². The minimum atomic E-state index is 0.627. The first-order valence-corrected chi connectivity index (χ1v) is 19.5. The van der Waals surface area contributed by atoms with Crippen molar-refractivity contribution in [3.05, 3.63) is 188 Å². The second-order valence-electron chi connectivity index (χ2n) is 14.8. The highest BCUT2D eigenvalue weighted by atomic mass is 16.3. The number of hydrogen-bond acceptors (Lipinski definition) is 4. The van der Waals surface area contributed by atoms with E-state index in [0.29, 0.717) is 17.5 Å². The van der Waals surface area contributed by atoms with Gasteiger partial charge in [-0.05, 0) is 61.0 Å². The maximum absolute atomic E-state index is 6.97. The van der Waals surface area contributed by atoms with E-state index in [0.717, 1.165) is 88.4 Å². The summed E-state index contributed by atoms with van der Waals surface area (Å²) in [5.74, 6) is 1.91. The summed E-state index contributed by atoms with van der Waals surface area (Å²) in [6.45, 7) is 2.18. The van der Waals surface area contributed by atoms with E-state index in [1.54, 1.807) is 0 Å². The van der Waals surface area contributed by atoms with E-state index in [9.17, 15) is 0 Å². The lowest BCUT2D eigenvalue weighted by atomic mass is 10.0. The van der Waals surface area contributed by atoms with Gasteiger partial charge in [-0.1, -0.05) is 133 Å². The van der Waals surface area contributed by atoms with Crippen LogP contribution in [0.25, 0.3) is 111 Å². The highest BCUT2D eigenvalue weighted by Crippen LogP contribution is 2.49. The lowest BCUT2D eigenvalue weighted by Gasteiger charge is -2.14. The van der Waals surface area contributed by atoms with Crippen molar-refractivity contribution >= 4 is 65.6 Å². The first-order valence-electron chi connectivity index (χ1n) is 19.5. The normalized spacial score (nSPS) is 11.9. The van der Waals surface area contributed by atoms with Crippen molar-refractivity contribution in [3.8, 4) is 45.5 Å². The molecule has 0 spiro atoms. The predicted molar refractivity (Wildman–Crippen MR) is 237 cm³/mol. The van der Waals surface area contributed by atoms with Gasteiger partial charge < -0.3 is 13.6 Å². The largest absolute Gasteiger partial charge is 0.455 e. The summed E-state index contributed by atoms with van der Waals surface area (Å²) in [7, 11) is 0. The van der Waals surface area contributed by atoms with E-state index in [4.69, 9.17) is 19.4 Å². The molecule has 0 atom stereocenters. The number of para-hydroxylation sites is 4. The summed E-state index contributed by atoms with van der Waals surface area (Å²) < 4.78 is 11.8. The lowest BCUT2D eigenvalue weighted by molar-refractivity contribution is 0.673. The summed E-state index contributed by atoms with van der Waals surface area (Å²) in [4.78, 5) is 15.0. The average molecular weight is 744 g/mol. The molecule has 272 valence electrons. The third-order valence-electron chi connectivity index (χ3n) is 11.5. The van der Waals surface area contributed by atoms with Gasteiger partial charge in [-0.2, -0.15) is 0 Å². The van der Waals surface area contributed by atoms with Gasteiger partial charge in [0.2, 0.25) is 0 Å². The second-order valence-corrected chi connectivity index (χ2v) is 14.8. The van der Waals surface area contributed by atoms with Crippen molar-refractivity contribution in [1.29, 1.82) is 0 Å². The quantitative estimate of drug-likeness (QED) is 0.176. The monoisotopic (exact) mass is 743 g/mol. The molecule has 4 heterocycles. The van der Waals surface area contributed by atoms with Gasteiger partial charge >= 0.3 is 0 Å². The highest BCUT2D eigenvalue weighted by Gasteiger charge is 2.28. The Labute approximate surface area is 332 Å². The van der Waals surface area contributed by atoms with Crippen LogP contribution >= 0.6 is 0 Å². The van der Waals surface area contributed by atoms with Crippen LogP contribution in [0.15, 0.2) is 186 Å². The van der Waals surface area contributed by atoms with Crippen LogP contribution in [0.3, 0.4) is 0 Å². The Hall–Kier alpha value is -7.83. The van der Waals surface area contributed by atoms with Crippen LogP contribution in [0.1, 0.15) is 5.56 Å². The van der Waals surface area contributed by atoms with E-state index in [1.165, 1.54) is 10.8 Å². The van der Waals surface area contributed by atoms with Crippen molar-refractivity contribution in [2.24, 2.45) is 0 Å². The van der Waals surface area contributed by atoms with E-state index < -0.39 is 0 Å². The molecule has 0 saturated carbocycles. The topological polar surface area (TPSA) is 61.7 Å². The molecular weight excluding hydrogens is 711 g/mol. The molecule has 8 aromatic carbocycles. The lowest BCUT2D eigenvalue weighted by Crippen LogP contribution is -2.02. The molecule has 6 heteroatoms. The molecule has 12 rings (SSSR count). The van der Waals surface area contributed by atoms with Crippen LogP contribution in [0.2, 0.25) is 0 Å². The van der Waals surface area contributed by atoms with Crippen LogP contribution in [0.4, 0.5) is 0 Å². The molecule has 0 amide bonds. The number of fused-ring (bicyclic) bond motifs is 12. The van der Waals surface area contributed by atoms with E-state index in [-0.39, 0.29) is 0 Å². The third kappa shape index (κ3) is 4.75. The summed E-state index contributed by atoms with van der Waals surface area (Å²) >= 11 is 0. The first-order chi connectivity index (χ1) is 28.7. The number of furan rings is 1. The van der Waals surface area contributed by atoms with Gasteiger partial charge in [-0.25, -0.2) is 15.0 Å². The van der Waals surface area contributed by atoms with Gasteiger partial charge in [0.25, 0.3) is 0 Å². The molecule has 0 aliphatic rings. The Morgan fingerprint density at radius 3 is 1.53 bits per heavy atom. The van der Waals surface area contributed by atoms with Gasteiger partial charge in [0.1, 0.15) is 11.2 Å². The van der Waals surface area contributed by atoms with Crippen LogP contribution in [-0.4, -0.2) is 24.1 Å². The standard InChI is InChI=1S/C52H33N5O/c1-32-31-35(52-54-50(33-17-5-2-6-18-33)53-51(55-52)34-19-7-3-8-20-34)29-30-40(32)57-42-27-15-11-23-37(42)44-47-45(49-46(48(44)57)39-25-13-16-28-43(39)58-49)38-24-12-14-26-41(38)56(47)36-21-9-4-10-22-36/h2-31H,1H3. The molecule has 12 aromatic rings.